The molecule has 0 spiro atoms. The lowest BCUT2D eigenvalue weighted by atomic mass is 9.96. The Balaban J connectivity index is 1.82. The number of pyridine rings is 1. The van der Waals surface area contributed by atoms with Crippen LogP contribution in [0.25, 0.3) is 11.3 Å². The average molecular weight is 676 g/mol. The molecular weight excluding hydrogens is 654 g/mol. The molecule has 11 nitrogen and oxygen atoms in total. The highest BCUT2D eigenvalue weighted by atomic mass is 79.9. The summed E-state index contributed by atoms with van der Waals surface area (Å²) in [6.07, 6.45) is 0.880. The van der Waals surface area contributed by atoms with Crippen molar-refractivity contribution >= 4 is 57.2 Å². The van der Waals surface area contributed by atoms with Gasteiger partial charge in [-0.25, -0.2) is 13.5 Å². The highest BCUT2D eigenvalue weighted by molar-refractivity contribution is 9.10. The van der Waals surface area contributed by atoms with E-state index in [0.29, 0.717) is 9.92 Å². The number of rotatable bonds is 8. The van der Waals surface area contributed by atoms with E-state index in [4.69, 9.17) is 30.5 Å². The molecule has 0 bridgehead atoms. The number of nitrogens with zero attached hydrogens (tertiary/aromatic N) is 4. The van der Waals surface area contributed by atoms with Crippen molar-refractivity contribution in [2.75, 3.05) is 6.61 Å². The Morgan fingerprint density at radius 1 is 1.05 bits per heavy atom. The zero-order valence-corrected chi connectivity index (χ0v) is 24.8. The third kappa shape index (κ3) is 7.58. The van der Waals surface area contributed by atoms with Crippen molar-refractivity contribution in [3.8, 4) is 11.3 Å². The number of thioether (sulfide) groups is 1. The maximum Gasteiger partial charge on any atom is 0.303 e. The monoisotopic (exact) mass is 674 g/mol. The van der Waals surface area contributed by atoms with Gasteiger partial charge in [-0.2, -0.15) is 0 Å². The molecule has 0 unspecified atom stereocenters. The van der Waals surface area contributed by atoms with Crippen molar-refractivity contribution in [1.82, 2.24) is 20.0 Å². The van der Waals surface area contributed by atoms with Crippen LogP contribution >= 0.6 is 39.3 Å². The Bertz CT molecular complexity index is 1440. The molecule has 0 radical (unpaired) electrons. The maximum absolute atomic E-state index is 14.3. The van der Waals surface area contributed by atoms with Gasteiger partial charge in [0.25, 0.3) is 0 Å². The maximum atomic E-state index is 14.3. The van der Waals surface area contributed by atoms with Crippen molar-refractivity contribution in [3.05, 3.63) is 57.9 Å². The molecule has 218 valence electrons. The molecule has 1 fully saturated rings. The summed E-state index contributed by atoms with van der Waals surface area (Å²) in [5, 5.41) is 8.51. The summed E-state index contributed by atoms with van der Waals surface area (Å²) in [5.74, 6) is -3.72. The first kappa shape index (κ1) is 30.8. The number of aromatic nitrogens is 4. The molecule has 5 atom stereocenters. The summed E-state index contributed by atoms with van der Waals surface area (Å²) in [6.45, 7) is 3.23. The number of hydrogen-bond acceptors (Lipinski definition) is 11. The summed E-state index contributed by atoms with van der Waals surface area (Å²) >= 11 is 10.0. The molecule has 16 heteroatoms. The van der Waals surface area contributed by atoms with E-state index in [1.54, 1.807) is 6.07 Å². The fraction of sp³-hybridized carbons (Fsp3) is 0.360. The Morgan fingerprint density at radius 3 is 2.32 bits per heavy atom. The van der Waals surface area contributed by atoms with Gasteiger partial charge in [-0.15, -0.1) is 5.10 Å². The fourth-order valence-electron chi connectivity index (χ4n) is 4.13. The van der Waals surface area contributed by atoms with Crippen LogP contribution in [0, 0.1) is 11.6 Å². The second-order valence-electron chi connectivity index (χ2n) is 8.78. The van der Waals surface area contributed by atoms with Gasteiger partial charge < -0.3 is 18.9 Å². The number of ether oxygens (including phenoxy) is 4. The van der Waals surface area contributed by atoms with E-state index in [2.05, 4.69) is 31.2 Å². The number of carbonyl (C=O) groups excluding carboxylic acids is 3. The van der Waals surface area contributed by atoms with E-state index >= 15 is 0 Å². The van der Waals surface area contributed by atoms with Crippen LogP contribution in [-0.4, -0.2) is 68.2 Å². The van der Waals surface area contributed by atoms with E-state index in [9.17, 15) is 23.2 Å². The van der Waals surface area contributed by atoms with Gasteiger partial charge in [-0.3, -0.25) is 19.4 Å². The molecule has 1 aromatic carbocycles. The Kier molecular flexibility index (Phi) is 9.94. The number of halogens is 4. The van der Waals surface area contributed by atoms with Gasteiger partial charge in [0.15, 0.2) is 12.2 Å². The molecule has 3 heterocycles. The molecular formula is C25H22BrClF2N4O7S. The van der Waals surface area contributed by atoms with Crippen molar-refractivity contribution in [1.29, 1.82) is 0 Å². The number of esters is 3. The summed E-state index contributed by atoms with van der Waals surface area (Å²) in [6, 6.07) is 2.65. The Labute approximate surface area is 249 Å². The summed E-state index contributed by atoms with van der Waals surface area (Å²) in [7, 11) is 0. The van der Waals surface area contributed by atoms with Crippen LogP contribution in [0.2, 0.25) is 5.02 Å². The number of carbonyl (C=O) groups is 3. The van der Waals surface area contributed by atoms with Crippen LogP contribution in [0.15, 0.2) is 46.2 Å². The largest absolute Gasteiger partial charge is 0.463 e. The zero-order chi connectivity index (χ0) is 29.8. The van der Waals surface area contributed by atoms with Gasteiger partial charge in [-0.05, 0) is 34.1 Å². The van der Waals surface area contributed by atoms with Crippen LogP contribution in [-0.2, 0) is 33.3 Å². The minimum Gasteiger partial charge on any atom is -0.463 e. The van der Waals surface area contributed by atoms with Crippen LogP contribution in [0.1, 0.15) is 26.8 Å². The second kappa shape index (κ2) is 13.2. The first-order chi connectivity index (χ1) is 19.4. The zero-order valence-electron chi connectivity index (χ0n) is 21.6. The molecule has 3 aromatic rings. The lowest BCUT2D eigenvalue weighted by Gasteiger charge is -2.44. The summed E-state index contributed by atoms with van der Waals surface area (Å²) < 4.78 is 52.1. The first-order valence-electron chi connectivity index (χ1n) is 11.9. The summed E-state index contributed by atoms with van der Waals surface area (Å²) in [5.41, 5.74) is -0.835. The lowest BCUT2D eigenvalue weighted by Crippen LogP contribution is -2.57. The van der Waals surface area contributed by atoms with E-state index < -0.39 is 59.3 Å². The number of hydrogen-bond donors (Lipinski definition) is 0. The molecule has 2 aromatic heterocycles. The van der Waals surface area contributed by atoms with Crippen LogP contribution in [0.3, 0.4) is 0 Å². The SMILES string of the molecule is CC(=O)OC[C@H]1O[C@H](Sc2cncc(Cl)c2)[C@H](OC(C)=O)[C@@H](n2cc(-c3cc(F)c(Br)c(F)c3)nn2)[C@H]1OC(C)=O. The average Bonchev–Trinajstić information content (AvgIpc) is 3.37. The van der Waals surface area contributed by atoms with E-state index in [0.717, 1.165) is 23.9 Å². The smallest absolute Gasteiger partial charge is 0.303 e. The van der Waals surface area contributed by atoms with Crippen molar-refractivity contribution in [2.24, 2.45) is 0 Å². The van der Waals surface area contributed by atoms with Crippen LogP contribution in [0.4, 0.5) is 8.78 Å². The first-order valence-corrected chi connectivity index (χ1v) is 13.9. The van der Waals surface area contributed by atoms with Crippen LogP contribution in [0.5, 0.6) is 0 Å². The lowest BCUT2D eigenvalue weighted by molar-refractivity contribution is -0.212. The highest BCUT2D eigenvalue weighted by Crippen LogP contribution is 2.41. The normalized spacial score (nSPS) is 22.2. The van der Waals surface area contributed by atoms with Gasteiger partial charge in [-0.1, -0.05) is 28.6 Å². The van der Waals surface area contributed by atoms with E-state index in [1.807, 2.05) is 0 Å². The fourth-order valence-corrected chi connectivity index (χ4v) is 5.73. The molecule has 1 aliphatic rings. The standard InChI is InChI=1S/C25H22BrClF2N4O7S/c1-11(34)37-10-20-23(38-12(2)35)22(33-9-19(31-32-33)14-4-17(28)21(26)18(29)5-14)24(39-13(3)36)25(40-20)41-16-6-15(27)7-30-8-16/h4-9,20,22-25H,10H2,1-3H3/t20-,22+,23+,24-,25-/m1/s1. The molecule has 41 heavy (non-hydrogen) atoms. The predicted octanol–water partition coefficient (Wildman–Crippen LogP) is 4.52. The molecule has 1 aliphatic heterocycles. The topological polar surface area (TPSA) is 132 Å². The van der Waals surface area contributed by atoms with Crippen molar-refractivity contribution in [3.63, 3.8) is 0 Å². The third-order valence-electron chi connectivity index (χ3n) is 5.70. The molecule has 1 saturated heterocycles. The number of benzene rings is 1. The van der Waals surface area contributed by atoms with E-state index in [-0.39, 0.29) is 22.3 Å². The predicted molar refractivity (Wildman–Crippen MR) is 144 cm³/mol. The third-order valence-corrected chi connectivity index (χ3v) is 7.77. The molecule has 0 N–H and O–H groups in total. The second-order valence-corrected chi connectivity index (χ2v) is 11.2. The molecule has 4 rings (SSSR count). The van der Waals surface area contributed by atoms with Gasteiger partial charge >= 0.3 is 17.9 Å². The quantitative estimate of drug-likeness (QED) is 0.190. The highest BCUT2D eigenvalue weighted by Gasteiger charge is 2.52. The molecule has 0 saturated carbocycles. The van der Waals surface area contributed by atoms with Crippen molar-refractivity contribution < 1.29 is 42.1 Å². The van der Waals surface area contributed by atoms with Gasteiger partial charge in [0.2, 0.25) is 0 Å². The van der Waals surface area contributed by atoms with Gasteiger partial charge in [0.1, 0.15) is 41.5 Å². The van der Waals surface area contributed by atoms with Crippen molar-refractivity contribution in [2.45, 2.75) is 55.5 Å². The van der Waals surface area contributed by atoms with Gasteiger partial charge in [0, 0.05) is 43.6 Å². The minimum absolute atomic E-state index is 0.0713. The molecule has 0 amide bonds. The Morgan fingerprint density at radius 2 is 1.71 bits per heavy atom. The van der Waals surface area contributed by atoms with E-state index in [1.165, 1.54) is 44.0 Å². The van der Waals surface area contributed by atoms with Crippen LogP contribution < -0.4 is 0 Å². The van der Waals surface area contributed by atoms with Gasteiger partial charge in [0.05, 0.1) is 15.7 Å². The molecule has 0 aliphatic carbocycles. The summed E-state index contributed by atoms with van der Waals surface area (Å²) in [4.78, 5) is 40.7. The minimum atomic E-state index is -1.21. The Hall–Kier alpha value is -3.14.